The fraction of sp³-hybridized carbons (Fsp3) is 0.267. The zero-order valence-corrected chi connectivity index (χ0v) is 13.6. The van der Waals surface area contributed by atoms with E-state index >= 15 is 0 Å². The van der Waals surface area contributed by atoms with E-state index in [2.05, 4.69) is 34.7 Å². The molecule has 0 amide bonds. The van der Waals surface area contributed by atoms with Gasteiger partial charge in [-0.3, -0.25) is 0 Å². The number of thiophene rings is 1. The van der Waals surface area contributed by atoms with Crippen LogP contribution in [0.4, 0.5) is 0 Å². The average Bonchev–Trinajstić information content (AvgIpc) is 2.95. The zero-order valence-electron chi connectivity index (χ0n) is 11.2. The maximum atomic E-state index is 6.29. The zero-order chi connectivity index (χ0) is 14.3. The van der Waals surface area contributed by atoms with Gasteiger partial charge in [0.05, 0.1) is 27.3 Å². The van der Waals surface area contributed by atoms with Crippen LogP contribution in [0.3, 0.4) is 0 Å². The van der Waals surface area contributed by atoms with Gasteiger partial charge in [-0.2, -0.15) is 0 Å². The van der Waals surface area contributed by atoms with E-state index in [1.165, 1.54) is 10.4 Å². The predicted octanol–water partition coefficient (Wildman–Crippen LogP) is 5.41. The maximum absolute atomic E-state index is 6.29. The minimum absolute atomic E-state index is 0.127. The average molecular weight is 325 g/mol. The topological polar surface area (TPSA) is 17.8 Å². The number of hydrogen-bond donors (Lipinski definition) is 0. The minimum atomic E-state index is -0.127. The van der Waals surface area contributed by atoms with Crippen LogP contribution < -0.4 is 0 Å². The molecule has 0 N–H and O–H groups in total. The van der Waals surface area contributed by atoms with Crippen LogP contribution in [0.1, 0.15) is 28.6 Å². The van der Waals surface area contributed by atoms with Gasteiger partial charge in [-0.05, 0) is 43.7 Å². The SMILES string of the molecule is Cc1ccc2nc(C(C)Cl)n(Cc3ccc(Cl)s3)c2c1. The van der Waals surface area contributed by atoms with Crippen LogP contribution in [-0.4, -0.2) is 9.55 Å². The second kappa shape index (κ2) is 5.40. The van der Waals surface area contributed by atoms with Crippen molar-refractivity contribution in [3.05, 3.63) is 50.9 Å². The van der Waals surface area contributed by atoms with Crippen LogP contribution in [0, 0.1) is 6.92 Å². The number of aromatic nitrogens is 2. The molecule has 2 nitrogen and oxygen atoms in total. The third kappa shape index (κ3) is 2.58. The molecule has 0 saturated carbocycles. The summed E-state index contributed by atoms with van der Waals surface area (Å²) >= 11 is 13.9. The van der Waals surface area contributed by atoms with E-state index in [4.69, 9.17) is 23.2 Å². The van der Waals surface area contributed by atoms with Crippen LogP contribution >= 0.6 is 34.5 Å². The van der Waals surface area contributed by atoms with Gasteiger partial charge in [0.2, 0.25) is 0 Å². The smallest absolute Gasteiger partial charge is 0.128 e. The number of nitrogens with zero attached hydrogens (tertiary/aromatic N) is 2. The summed E-state index contributed by atoms with van der Waals surface area (Å²) in [4.78, 5) is 5.86. The summed E-state index contributed by atoms with van der Waals surface area (Å²) in [7, 11) is 0. The Morgan fingerprint density at radius 1 is 1.30 bits per heavy atom. The van der Waals surface area contributed by atoms with Gasteiger partial charge in [-0.15, -0.1) is 22.9 Å². The minimum Gasteiger partial charge on any atom is -0.321 e. The van der Waals surface area contributed by atoms with Crippen LogP contribution in [0.25, 0.3) is 11.0 Å². The Hall–Kier alpha value is -1.03. The number of aryl methyl sites for hydroxylation is 1. The molecule has 3 rings (SSSR count). The molecule has 3 aromatic rings. The van der Waals surface area contributed by atoms with Crippen molar-refractivity contribution in [3.63, 3.8) is 0 Å². The summed E-state index contributed by atoms with van der Waals surface area (Å²) in [6.07, 6.45) is 0. The Bertz CT molecular complexity index is 758. The second-order valence-electron chi connectivity index (χ2n) is 4.87. The van der Waals surface area contributed by atoms with E-state index in [1.54, 1.807) is 11.3 Å². The van der Waals surface area contributed by atoms with Crippen LogP contribution in [0.5, 0.6) is 0 Å². The third-order valence-corrected chi connectivity index (χ3v) is 4.64. The first-order valence-corrected chi connectivity index (χ1v) is 8.03. The second-order valence-corrected chi connectivity index (χ2v) is 7.32. The molecule has 20 heavy (non-hydrogen) atoms. The van der Waals surface area contributed by atoms with Gasteiger partial charge in [-0.25, -0.2) is 4.98 Å². The quantitative estimate of drug-likeness (QED) is 0.589. The van der Waals surface area contributed by atoms with Crippen LogP contribution in [0.15, 0.2) is 30.3 Å². The lowest BCUT2D eigenvalue weighted by molar-refractivity contribution is 0.750. The number of hydrogen-bond acceptors (Lipinski definition) is 2. The van der Waals surface area contributed by atoms with Crippen molar-refractivity contribution in [2.24, 2.45) is 0 Å². The molecule has 5 heteroatoms. The maximum Gasteiger partial charge on any atom is 0.128 e. The first-order chi connectivity index (χ1) is 9.54. The molecular weight excluding hydrogens is 311 g/mol. The van der Waals surface area contributed by atoms with Crippen molar-refractivity contribution in [1.82, 2.24) is 9.55 Å². The molecule has 104 valence electrons. The molecule has 0 spiro atoms. The summed E-state index contributed by atoms with van der Waals surface area (Å²) in [5.41, 5.74) is 3.33. The highest BCUT2D eigenvalue weighted by Gasteiger charge is 2.15. The van der Waals surface area contributed by atoms with Gasteiger partial charge >= 0.3 is 0 Å². The molecule has 0 radical (unpaired) electrons. The lowest BCUT2D eigenvalue weighted by Gasteiger charge is -2.09. The van der Waals surface area contributed by atoms with Crippen molar-refractivity contribution in [2.45, 2.75) is 25.8 Å². The predicted molar refractivity (Wildman–Crippen MR) is 87.2 cm³/mol. The van der Waals surface area contributed by atoms with Crippen molar-refractivity contribution >= 4 is 45.6 Å². The standard InChI is InChI=1S/C15H14Cl2N2S/c1-9-3-5-12-13(7-9)19(15(18-12)10(2)16)8-11-4-6-14(17)20-11/h3-7,10H,8H2,1-2H3. The molecule has 1 atom stereocenters. The van der Waals surface area contributed by atoms with Crippen LogP contribution in [-0.2, 0) is 6.54 Å². The monoisotopic (exact) mass is 324 g/mol. The van der Waals surface area contributed by atoms with Gasteiger partial charge in [0.15, 0.2) is 0 Å². The summed E-state index contributed by atoms with van der Waals surface area (Å²) in [5.74, 6) is 0.900. The van der Waals surface area contributed by atoms with E-state index < -0.39 is 0 Å². The van der Waals surface area contributed by atoms with E-state index in [-0.39, 0.29) is 5.38 Å². The summed E-state index contributed by atoms with van der Waals surface area (Å²) in [6, 6.07) is 10.3. The van der Waals surface area contributed by atoms with Crippen molar-refractivity contribution < 1.29 is 0 Å². The number of imidazole rings is 1. The van der Waals surface area contributed by atoms with Gasteiger partial charge < -0.3 is 4.57 Å². The first kappa shape index (κ1) is 13.9. The van der Waals surface area contributed by atoms with E-state index in [0.717, 1.165) is 27.7 Å². The number of fused-ring (bicyclic) bond motifs is 1. The highest BCUT2D eigenvalue weighted by molar-refractivity contribution is 7.16. The van der Waals surface area contributed by atoms with E-state index in [9.17, 15) is 0 Å². The Labute approximate surface area is 132 Å². The Balaban J connectivity index is 2.15. The van der Waals surface area contributed by atoms with Crippen molar-refractivity contribution in [2.75, 3.05) is 0 Å². The molecule has 0 saturated heterocycles. The van der Waals surface area contributed by atoms with Crippen LogP contribution in [0.2, 0.25) is 4.34 Å². The van der Waals surface area contributed by atoms with Gasteiger partial charge in [-0.1, -0.05) is 17.7 Å². The molecule has 0 aliphatic rings. The molecule has 0 fully saturated rings. The highest BCUT2D eigenvalue weighted by atomic mass is 35.5. The lowest BCUT2D eigenvalue weighted by atomic mass is 10.2. The molecular formula is C15H14Cl2N2S. The van der Waals surface area contributed by atoms with E-state index in [0.29, 0.717) is 0 Å². The number of halogens is 2. The molecule has 1 aromatic carbocycles. The molecule has 1 unspecified atom stereocenters. The fourth-order valence-corrected chi connectivity index (χ4v) is 3.56. The Morgan fingerprint density at radius 2 is 2.10 bits per heavy atom. The summed E-state index contributed by atoms with van der Waals surface area (Å²) < 4.78 is 2.99. The highest BCUT2D eigenvalue weighted by Crippen LogP contribution is 2.28. The molecule has 0 aliphatic heterocycles. The fourth-order valence-electron chi connectivity index (χ4n) is 2.31. The normalized spacial score (nSPS) is 13.0. The molecule has 0 bridgehead atoms. The molecule has 2 heterocycles. The Morgan fingerprint density at radius 3 is 2.75 bits per heavy atom. The van der Waals surface area contributed by atoms with Gasteiger partial charge in [0.1, 0.15) is 5.82 Å². The van der Waals surface area contributed by atoms with Gasteiger partial charge in [0.25, 0.3) is 0 Å². The molecule has 0 aliphatic carbocycles. The van der Waals surface area contributed by atoms with Crippen molar-refractivity contribution in [3.8, 4) is 0 Å². The first-order valence-electron chi connectivity index (χ1n) is 6.39. The largest absolute Gasteiger partial charge is 0.321 e. The number of benzene rings is 1. The summed E-state index contributed by atoms with van der Waals surface area (Å²) in [6.45, 7) is 4.79. The van der Waals surface area contributed by atoms with Crippen molar-refractivity contribution in [1.29, 1.82) is 0 Å². The summed E-state index contributed by atoms with van der Waals surface area (Å²) in [5, 5.41) is -0.127. The Kier molecular flexibility index (Phi) is 3.76. The number of rotatable bonds is 3. The lowest BCUT2D eigenvalue weighted by Crippen LogP contribution is -2.04. The van der Waals surface area contributed by atoms with Gasteiger partial charge in [0, 0.05) is 4.88 Å². The van der Waals surface area contributed by atoms with E-state index in [1.807, 2.05) is 19.1 Å². The molecule has 2 aromatic heterocycles. The number of alkyl halides is 1. The third-order valence-electron chi connectivity index (χ3n) is 3.23.